The molecule has 0 saturated heterocycles. The van der Waals surface area contributed by atoms with Crippen molar-refractivity contribution in [1.82, 2.24) is 0 Å². The third kappa shape index (κ3) is 14.5. The monoisotopic (exact) mass is 256 g/mol. The van der Waals surface area contributed by atoms with Gasteiger partial charge in [-0.25, -0.2) is 0 Å². The number of quaternary nitrogens is 2. The van der Waals surface area contributed by atoms with Gasteiger partial charge in [0.2, 0.25) is 0 Å². The molecule has 0 amide bonds. The molecule has 0 unspecified atom stereocenters. The van der Waals surface area contributed by atoms with Crippen molar-refractivity contribution >= 4 is 0 Å². The van der Waals surface area contributed by atoms with Crippen LogP contribution in [0.25, 0.3) is 20.9 Å². The van der Waals surface area contributed by atoms with Gasteiger partial charge in [-0.15, -0.1) is 0 Å². The van der Waals surface area contributed by atoms with Crippen LogP contribution in [0.1, 0.15) is 25.7 Å². The molecule has 102 valence electrons. The predicted octanol–water partition coefficient (Wildman–Crippen LogP) is 0.294. The molecule has 8 heteroatoms. The van der Waals surface area contributed by atoms with E-state index in [1.54, 1.807) is 0 Å². The highest BCUT2D eigenvalue weighted by atomic mass is 15.1. The Kier molecular flexibility index (Phi) is 14.3. The van der Waals surface area contributed by atoms with Crippen molar-refractivity contribution in [1.29, 1.82) is 0 Å². The van der Waals surface area contributed by atoms with Gasteiger partial charge < -0.3 is 10.6 Å². The lowest BCUT2D eigenvalue weighted by molar-refractivity contribution is -0.654. The van der Waals surface area contributed by atoms with Gasteiger partial charge in [-0.05, 0) is 36.7 Å². The first-order valence-electron chi connectivity index (χ1n) is 6.57. The van der Waals surface area contributed by atoms with Crippen molar-refractivity contribution in [2.45, 2.75) is 25.7 Å². The maximum Gasteiger partial charge on any atom is 0.0812 e. The number of azide groups is 2. The lowest BCUT2D eigenvalue weighted by Gasteiger charge is -2.01. The molecule has 0 fully saturated rings. The van der Waals surface area contributed by atoms with Crippen molar-refractivity contribution in [3.8, 4) is 0 Å². The van der Waals surface area contributed by atoms with Gasteiger partial charge in [-0.1, -0.05) is 10.2 Å². The Morgan fingerprint density at radius 2 is 1.11 bits per heavy atom. The van der Waals surface area contributed by atoms with E-state index in [0.717, 1.165) is 26.2 Å². The van der Waals surface area contributed by atoms with Crippen LogP contribution in [0.15, 0.2) is 10.2 Å². The van der Waals surface area contributed by atoms with Gasteiger partial charge >= 0.3 is 0 Å². The van der Waals surface area contributed by atoms with E-state index in [1.807, 2.05) is 0 Å². The van der Waals surface area contributed by atoms with Gasteiger partial charge in [0.05, 0.1) is 39.3 Å². The van der Waals surface area contributed by atoms with Crippen LogP contribution in [0.3, 0.4) is 0 Å². The maximum absolute atomic E-state index is 8.08. The number of rotatable bonds is 13. The number of nitrogens with zero attached hydrogens (tertiary/aromatic N) is 6. The molecule has 0 aromatic rings. The molecule has 0 atom stereocenters. The average Bonchev–Trinajstić information content (AvgIpc) is 2.39. The summed E-state index contributed by atoms with van der Waals surface area (Å²) in [5, 5.41) is 11.3. The Balaban J connectivity index is 2.98. The summed E-state index contributed by atoms with van der Waals surface area (Å²) < 4.78 is 0. The van der Waals surface area contributed by atoms with E-state index >= 15 is 0 Å². The molecule has 0 aromatic heterocycles. The Morgan fingerprint density at radius 3 is 1.50 bits per heavy atom. The van der Waals surface area contributed by atoms with Gasteiger partial charge in [0.25, 0.3) is 0 Å². The second kappa shape index (κ2) is 15.5. The second-order valence-corrected chi connectivity index (χ2v) is 4.06. The number of hydrogen-bond acceptors (Lipinski definition) is 2. The molecular weight excluding hydrogens is 232 g/mol. The van der Waals surface area contributed by atoms with E-state index < -0.39 is 0 Å². The summed E-state index contributed by atoms with van der Waals surface area (Å²) in [5.74, 6) is 0. The fraction of sp³-hybridized carbons (Fsp3) is 1.00. The van der Waals surface area contributed by atoms with Crippen molar-refractivity contribution in [3.63, 3.8) is 0 Å². The molecule has 0 aliphatic heterocycles. The first kappa shape index (κ1) is 16.5. The summed E-state index contributed by atoms with van der Waals surface area (Å²) in [6.45, 7) is 5.16. The molecule has 0 aromatic carbocycles. The number of hydrogen-bond donors (Lipinski definition) is 2. The van der Waals surface area contributed by atoms with E-state index in [4.69, 9.17) is 11.1 Å². The zero-order valence-electron chi connectivity index (χ0n) is 10.9. The van der Waals surface area contributed by atoms with E-state index in [-0.39, 0.29) is 0 Å². The molecule has 4 N–H and O–H groups in total. The molecule has 0 aliphatic rings. The summed E-state index contributed by atoms with van der Waals surface area (Å²) in [6, 6.07) is 0. The normalized spacial score (nSPS) is 9.56. The van der Waals surface area contributed by atoms with Crippen LogP contribution in [0.4, 0.5) is 0 Å². The smallest absolute Gasteiger partial charge is 0.0812 e. The van der Waals surface area contributed by atoms with Gasteiger partial charge in [0, 0.05) is 9.82 Å². The molecule has 0 heterocycles. The highest BCUT2D eigenvalue weighted by Gasteiger charge is 1.94. The minimum absolute atomic E-state index is 0.580. The summed E-state index contributed by atoms with van der Waals surface area (Å²) in [5.41, 5.74) is 16.2. The summed E-state index contributed by atoms with van der Waals surface area (Å²) in [7, 11) is 0. The topological polar surface area (TPSA) is 131 Å². The van der Waals surface area contributed by atoms with Gasteiger partial charge in [0.15, 0.2) is 0 Å². The SMILES string of the molecule is [N-]=[N+]=NCC[NH2+]CCCCCC[NH2+]CCN=[N+]=[N-]. The fourth-order valence-corrected chi connectivity index (χ4v) is 1.61. The van der Waals surface area contributed by atoms with Crippen LogP contribution >= 0.6 is 0 Å². The molecule has 0 saturated carbocycles. The lowest BCUT2D eigenvalue weighted by Crippen LogP contribution is -2.85. The van der Waals surface area contributed by atoms with E-state index in [1.165, 1.54) is 25.7 Å². The summed E-state index contributed by atoms with van der Waals surface area (Å²) >= 11 is 0. The van der Waals surface area contributed by atoms with Gasteiger partial charge in [0.1, 0.15) is 0 Å². The van der Waals surface area contributed by atoms with Crippen LogP contribution in [0, 0.1) is 0 Å². The molecule has 0 spiro atoms. The van der Waals surface area contributed by atoms with Crippen molar-refractivity contribution in [2.75, 3.05) is 39.3 Å². The number of nitrogens with two attached hydrogens (primary N) is 2. The zero-order chi connectivity index (χ0) is 13.3. The largest absolute Gasteiger partial charge is 0.346 e. The maximum atomic E-state index is 8.08. The quantitative estimate of drug-likeness (QED) is 0.203. The van der Waals surface area contributed by atoms with Crippen LogP contribution < -0.4 is 10.6 Å². The van der Waals surface area contributed by atoms with Crippen LogP contribution in [-0.2, 0) is 0 Å². The first-order valence-corrected chi connectivity index (χ1v) is 6.57. The van der Waals surface area contributed by atoms with Crippen LogP contribution in [-0.4, -0.2) is 39.3 Å². The molecule has 0 radical (unpaired) electrons. The molecular formula is C10H24N8+2. The Bertz CT molecular complexity index is 239. The average molecular weight is 256 g/mol. The summed E-state index contributed by atoms with van der Waals surface area (Å²) in [4.78, 5) is 5.41. The minimum Gasteiger partial charge on any atom is -0.346 e. The zero-order valence-corrected chi connectivity index (χ0v) is 10.9. The molecule has 18 heavy (non-hydrogen) atoms. The molecule has 0 bridgehead atoms. The predicted molar refractivity (Wildman–Crippen MR) is 69.8 cm³/mol. The highest BCUT2D eigenvalue weighted by Crippen LogP contribution is 1.95. The Labute approximate surface area is 107 Å². The molecule has 0 aliphatic carbocycles. The van der Waals surface area contributed by atoms with Crippen LogP contribution in [0.5, 0.6) is 0 Å². The lowest BCUT2D eigenvalue weighted by atomic mass is 10.2. The Hall–Kier alpha value is -1.46. The minimum atomic E-state index is 0.580. The third-order valence-electron chi connectivity index (χ3n) is 2.56. The van der Waals surface area contributed by atoms with Crippen molar-refractivity contribution in [2.24, 2.45) is 10.2 Å². The summed E-state index contributed by atoms with van der Waals surface area (Å²) in [6.07, 6.45) is 4.94. The molecule has 0 rings (SSSR count). The van der Waals surface area contributed by atoms with Crippen LogP contribution in [0.2, 0.25) is 0 Å². The molecule has 8 nitrogen and oxygen atoms in total. The van der Waals surface area contributed by atoms with Crippen molar-refractivity contribution in [3.05, 3.63) is 20.9 Å². The van der Waals surface area contributed by atoms with Gasteiger partial charge in [-0.3, -0.25) is 0 Å². The number of unbranched alkanes of at least 4 members (excludes halogenated alkanes) is 3. The van der Waals surface area contributed by atoms with E-state index in [2.05, 4.69) is 30.7 Å². The Morgan fingerprint density at radius 1 is 0.667 bits per heavy atom. The van der Waals surface area contributed by atoms with Crippen molar-refractivity contribution < 1.29 is 10.6 Å². The highest BCUT2D eigenvalue weighted by molar-refractivity contribution is 4.44. The first-order chi connectivity index (χ1) is 8.91. The second-order valence-electron chi connectivity index (χ2n) is 4.06. The van der Waals surface area contributed by atoms with E-state index in [9.17, 15) is 0 Å². The standard InChI is InChI=1S/C10H22N8/c11-17-15-9-7-13-5-3-1-2-4-6-14-8-10-16-18-12/h13-14H,1-10H2/p+2. The van der Waals surface area contributed by atoms with E-state index in [0.29, 0.717) is 13.1 Å². The fourth-order valence-electron chi connectivity index (χ4n) is 1.61. The third-order valence-corrected chi connectivity index (χ3v) is 2.56. The van der Waals surface area contributed by atoms with Gasteiger partial charge in [-0.2, -0.15) is 0 Å².